The number of carbonyl (C=O) groups is 1. The molecule has 2 aromatic rings. The molecular weight excluding hydrogens is 388 g/mol. The first-order valence-corrected chi connectivity index (χ1v) is 7.30. The summed E-state index contributed by atoms with van der Waals surface area (Å²) >= 11 is 6.71. The smallest absolute Gasteiger partial charge is 0.255 e. The monoisotopic (exact) mass is 398 g/mol. The predicted molar refractivity (Wildman–Crippen MR) is 87.2 cm³/mol. The molecule has 0 heterocycles. The minimum absolute atomic E-state index is 0.227. The second-order valence-corrected chi connectivity index (χ2v) is 5.81. The number of benzene rings is 2. The van der Waals surface area contributed by atoms with Crippen molar-refractivity contribution in [3.05, 3.63) is 50.9 Å². The molecule has 0 fully saturated rings. The fourth-order valence-corrected chi connectivity index (χ4v) is 2.66. The normalized spacial score (nSPS) is 10.2. The Kier molecular flexibility index (Phi) is 4.67. The first-order valence-electron chi connectivity index (χ1n) is 5.71. The molecule has 0 bridgehead atoms. The first kappa shape index (κ1) is 14.9. The highest BCUT2D eigenvalue weighted by Crippen LogP contribution is 2.35. The third kappa shape index (κ3) is 3.32. The Morgan fingerprint density at radius 3 is 2.65 bits per heavy atom. The fraction of sp³-hybridized carbons (Fsp3) is 0.0714. The minimum atomic E-state index is -0.227. The summed E-state index contributed by atoms with van der Waals surface area (Å²) in [5.74, 6) is 0.273. The van der Waals surface area contributed by atoms with Gasteiger partial charge in [-0.1, -0.05) is 22.0 Å². The number of hydrogen-bond acceptors (Lipinski definition) is 3. The first-order chi connectivity index (χ1) is 9.51. The minimum Gasteiger partial charge on any atom is -0.494 e. The molecule has 0 aliphatic rings. The van der Waals surface area contributed by atoms with Crippen LogP contribution in [0, 0.1) is 0 Å². The van der Waals surface area contributed by atoms with Crippen molar-refractivity contribution in [3.63, 3.8) is 0 Å². The van der Waals surface area contributed by atoms with Crippen molar-refractivity contribution in [1.82, 2.24) is 0 Å². The maximum atomic E-state index is 12.2. The molecule has 1 amide bonds. The topological polar surface area (TPSA) is 64.3 Å². The quantitative estimate of drug-likeness (QED) is 0.765. The number of halogens is 2. The molecule has 0 aliphatic heterocycles. The maximum absolute atomic E-state index is 12.2. The van der Waals surface area contributed by atoms with Gasteiger partial charge < -0.3 is 15.8 Å². The second kappa shape index (κ2) is 6.28. The van der Waals surface area contributed by atoms with E-state index in [0.717, 1.165) is 4.47 Å². The molecule has 0 unspecified atom stereocenters. The highest BCUT2D eigenvalue weighted by Gasteiger charge is 2.14. The van der Waals surface area contributed by atoms with Gasteiger partial charge in [0.05, 0.1) is 12.8 Å². The van der Waals surface area contributed by atoms with E-state index < -0.39 is 0 Å². The number of anilines is 2. The number of rotatable bonds is 3. The average Bonchev–Trinajstić information content (AvgIpc) is 2.41. The summed E-state index contributed by atoms with van der Waals surface area (Å²) < 4.78 is 6.74. The van der Waals surface area contributed by atoms with Crippen LogP contribution in [-0.2, 0) is 0 Å². The molecule has 0 spiro atoms. The lowest BCUT2D eigenvalue weighted by molar-refractivity contribution is 0.102. The third-order valence-corrected chi connectivity index (χ3v) is 3.74. The van der Waals surface area contributed by atoms with E-state index in [9.17, 15) is 4.79 Å². The van der Waals surface area contributed by atoms with Crippen molar-refractivity contribution < 1.29 is 9.53 Å². The zero-order chi connectivity index (χ0) is 14.7. The number of ether oxygens (including phenoxy) is 1. The standard InChI is InChI=1S/C14H12Br2N2O2/c1-20-12-7-10(17)6-11(16)13(12)18-14(19)8-3-2-4-9(15)5-8/h2-7H,17H2,1H3,(H,18,19). The number of amides is 1. The van der Waals surface area contributed by atoms with Crippen LogP contribution in [0.25, 0.3) is 0 Å². The molecule has 0 aliphatic carbocycles. The van der Waals surface area contributed by atoms with Gasteiger partial charge in [-0.2, -0.15) is 0 Å². The number of hydrogen-bond donors (Lipinski definition) is 2. The maximum Gasteiger partial charge on any atom is 0.255 e. The van der Waals surface area contributed by atoms with Crippen LogP contribution in [0.5, 0.6) is 5.75 Å². The molecule has 4 nitrogen and oxygen atoms in total. The molecule has 6 heteroatoms. The molecule has 20 heavy (non-hydrogen) atoms. The molecule has 0 aromatic heterocycles. The lowest BCUT2D eigenvalue weighted by Gasteiger charge is -2.13. The fourth-order valence-electron chi connectivity index (χ4n) is 1.70. The zero-order valence-electron chi connectivity index (χ0n) is 10.6. The van der Waals surface area contributed by atoms with Gasteiger partial charge in [0.15, 0.2) is 0 Å². The van der Waals surface area contributed by atoms with Crippen molar-refractivity contribution in [2.45, 2.75) is 0 Å². The van der Waals surface area contributed by atoms with E-state index in [0.29, 0.717) is 27.2 Å². The Morgan fingerprint density at radius 1 is 1.25 bits per heavy atom. The van der Waals surface area contributed by atoms with Gasteiger partial charge in [-0.3, -0.25) is 4.79 Å². The Hall–Kier alpha value is -1.53. The lowest BCUT2D eigenvalue weighted by atomic mass is 10.2. The molecular formula is C14H12Br2N2O2. The summed E-state index contributed by atoms with van der Waals surface area (Å²) in [6.45, 7) is 0. The molecule has 0 saturated carbocycles. The van der Waals surface area contributed by atoms with E-state index in [1.165, 1.54) is 7.11 Å². The second-order valence-electron chi connectivity index (χ2n) is 4.04. The Labute approximate surface area is 133 Å². The van der Waals surface area contributed by atoms with Gasteiger partial charge in [-0.05, 0) is 40.2 Å². The van der Waals surface area contributed by atoms with Crippen LogP contribution in [0.2, 0.25) is 0 Å². The van der Waals surface area contributed by atoms with Gasteiger partial charge >= 0.3 is 0 Å². The Bertz CT molecular complexity index is 660. The molecule has 104 valence electrons. The summed E-state index contributed by atoms with van der Waals surface area (Å²) in [5.41, 5.74) is 7.38. The number of methoxy groups -OCH3 is 1. The summed E-state index contributed by atoms with van der Waals surface area (Å²) in [7, 11) is 1.52. The van der Waals surface area contributed by atoms with Crippen LogP contribution >= 0.6 is 31.9 Å². The molecule has 0 atom stereocenters. The van der Waals surface area contributed by atoms with Crippen LogP contribution in [0.3, 0.4) is 0 Å². The van der Waals surface area contributed by atoms with Crippen molar-refractivity contribution in [1.29, 1.82) is 0 Å². The van der Waals surface area contributed by atoms with Crippen LogP contribution in [0.15, 0.2) is 45.3 Å². The van der Waals surface area contributed by atoms with Gasteiger partial charge in [-0.25, -0.2) is 0 Å². The van der Waals surface area contributed by atoms with Crippen molar-refractivity contribution in [3.8, 4) is 5.75 Å². The number of carbonyl (C=O) groups excluding carboxylic acids is 1. The van der Waals surface area contributed by atoms with Gasteiger partial charge in [-0.15, -0.1) is 0 Å². The van der Waals surface area contributed by atoms with E-state index >= 15 is 0 Å². The van der Waals surface area contributed by atoms with Crippen molar-refractivity contribution in [2.75, 3.05) is 18.2 Å². The number of nitrogens with one attached hydrogen (secondary N) is 1. The van der Waals surface area contributed by atoms with Crippen LogP contribution in [0.1, 0.15) is 10.4 Å². The molecule has 0 saturated heterocycles. The van der Waals surface area contributed by atoms with E-state index in [4.69, 9.17) is 10.5 Å². The molecule has 2 rings (SSSR count). The zero-order valence-corrected chi connectivity index (χ0v) is 13.8. The van der Waals surface area contributed by atoms with E-state index in [1.807, 2.05) is 6.07 Å². The van der Waals surface area contributed by atoms with Crippen LogP contribution in [-0.4, -0.2) is 13.0 Å². The van der Waals surface area contributed by atoms with E-state index in [2.05, 4.69) is 37.2 Å². The van der Waals surface area contributed by atoms with E-state index in [1.54, 1.807) is 30.3 Å². The number of nitrogen functional groups attached to an aromatic ring is 1. The van der Waals surface area contributed by atoms with Crippen molar-refractivity contribution >= 4 is 49.1 Å². The van der Waals surface area contributed by atoms with Gasteiger partial charge in [0.1, 0.15) is 5.75 Å². The van der Waals surface area contributed by atoms with Crippen molar-refractivity contribution in [2.24, 2.45) is 0 Å². The average molecular weight is 400 g/mol. The largest absolute Gasteiger partial charge is 0.494 e. The van der Waals surface area contributed by atoms with Crippen LogP contribution < -0.4 is 15.8 Å². The van der Waals surface area contributed by atoms with Gasteiger partial charge in [0.2, 0.25) is 0 Å². The summed E-state index contributed by atoms with van der Waals surface area (Å²) in [6, 6.07) is 10.5. The molecule has 3 N–H and O–H groups in total. The predicted octanol–water partition coefficient (Wildman–Crippen LogP) is 4.05. The van der Waals surface area contributed by atoms with Gasteiger partial charge in [0, 0.05) is 26.3 Å². The number of nitrogens with two attached hydrogens (primary N) is 1. The lowest BCUT2D eigenvalue weighted by Crippen LogP contribution is -2.13. The SMILES string of the molecule is COc1cc(N)cc(Br)c1NC(=O)c1cccc(Br)c1. The summed E-state index contributed by atoms with van der Waals surface area (Å²) in [4.78, 5) is 12.2. The Balaban J connectivity index is 2.32. The highest BCUT2D eigenvalue weighted by molar-refractivity contribution is 9.10. The van der Waals surface area contributed by atoms with E-state index in [-0.39, 0.29) is 5.91 Å². The summed E-state index contributed by atoms with van der Waals surface area (Å²) in [5, 5.41) is 2.81. The highest BCUT2D eigenvalue weighted by atomic mass is 79.9. The molecule has 0 radical (unpaired) electrons. The molecule has 2 aromatic carbocycles. The summed E-state index contributed by atoms with van der Waals surface area (Å²) in [6.07, 6.45) is 0. The Morgan fingerprint density at radius 2 is 2.00 bits per heavy atom. The van der Waals surface area contributed by atoms with Gasteiger partial charge in [0.25, 0.3) is 5.91 Å². The van der Waals surface area contributed by atoms with Crippen LogP contribution in [0.4, 0.5) is 11.4 Å². The third-order valence-electron chi connectivity index (χ3n) is 2.62.